The van der Waals surface area contributed by atoms with Gasteiger partial charge in [-0.1, -0.05) is 19.9 Å². The van der Waals surface area contributed by atoms with Crippen LogP contribution in [-0.4, -0.2) is 22.9 Å². The smallest absolute Gasteiger partial charge is 0.257 e. The van der Waals surface area contributed by atoms with Gasteiger partial charge >= 0.3 is 0 Å². The number of fused-ring (bicyclic) bond motifs is 1. The zero-order chi connectivity index (χ0) is 18.7. The van der Waals surface area contributed by atoms with Gasteiger partial charge in [-0.15, -0.1) is 0 Å². The Labute approximate surface area is 157 Å². The van der Waals surface area contributed by atoms with E-state index in [4.69, 9.17) is 21.7 Å². The molecule has 0 spiro atoms. The third-order valence-corrected chi connectivity index (χ3v) is 4.52. The molecule has 0 radical (unpaired) electrons. The number of carbonyl (C=O) groups excluding carboxylic acids is 1. The molecule has 1 aliphatic heterocycles. The summed E-state index contributed by atoms with van der Waals surface area (Å²) in [6, 6.07) is 10.2. The third-order valence-electron chi connectivity index (χ3n) is 4.31. The Kier molecular flexibility index (Phi) is 5.27. The number of anilines is 1. The lowest BCUT2D eigenvalue weighted by Crippen LogP contribution is -2.34. The highest BCUT2D eigenvalue weighted by atomic mass is 32.1. The van der Waals surface area contributed by atoms with E-state index in [0.717, 1.165) is 12.0 Å². The van der Waals surface area contributed by atoms with Gasteiger partial charge in [0.25, 0.3) is 5.91 Å². The van der Waals surface area contributed by atoms with Gasteiger partial charge in [-0.3, -0.25) is 10.1 Å². The van der Waals surface area contributed by atoms with E-state index in [1.807, 2.05) is 12.1 Å². The summed E-state index contributed by atoms with van der Waals surface area (Å²) in [5.74, 6) is 1.17. The van der Waals surface area contributed by atoms with Crippen molar-refractivity contribution in [3.63, 3.8) is 0 Å². The summed E-state index contributed by atoms with van der Waals surface area (Å²) < 4.78 is 10.5. The van der Waals surface area contributed by atoms with Crippen molar-refractivity contribution in [2.24, 2.45) is 0 Å². The summed E-state index contributed by atoms with van der Waals surface area (Å²) in [5.41, 5.74) is 1.94. The summed E-state index contributed by atoms with van der Waals surface area (Å²) in [7, 11) is 0. The minimum atomic E-state index is -0.377. The number of carbonyl (C=O) groups is 1. The van der Waals surface area contributed by atoms with Crippen molar-refractivity contribution in [3.05, 3.63) is 47.5 Å². The molecule has 0 aromatic heterocycles. The molecule has 0 fully saturated rings. The molecule has 2 aromatic carbocycles. The van der Waals surface area contributed by atoms with E-state index in [2.05, 4.69) is 24.5 Å². The molecule has 0 aliphatic carbocycles. The van der Waals surface area contributed by atoms with E-state index in [1.165, 1.54) is 0 Å². The molecular weight excluding hydrogens is 352 g/mol. The number of amides is 1. The van der Waals surface area contributed by atoms with Gasteiger partial charge in [0.15, 0.2) is 16.6 Å². The summed E-state index contributed by atoms with van der Waals surface area (Å²) in [6.07, 6.45) is 0.982. The first-order valence-electron chi connectivity index (χ1n) is 8.32. The van der Waals surface area contributed by atoms with E-state index in [-0.39, 0.29) is 23.6 Å². The number of benzene rings is 2. The highest BCUT2D eigenvalue weighted by molar-refractivity contribution is 7.80. The maximum absolute atomic E-state index is 12.4. The Hall–Kier alpha value is -2.80. The minimum Gasteiger partial charge on any atom is -0.506 e. The maximum atomic E-state index is 12.4. The lowest BCUT2D eigenvalue weighted by atomic mass is 9.98. The summed E-state index contributed by atoms with van der Waals surface area (Å²) in [4.78, 5) is 12.4. The number of thiocarbonyl (C=S) groups is 1. The van der Waals surface area contributed by atoms with Crippen LogP contribution in [0.3, 0.4) is 0 Å². The van der Waals surface area contributed by atoms with Gasteiger partial charge in [0.05, 0.1) is 5.69 Å². The molecule has 1 atom stereocenters. The monoisotopic (exact) mass is 372 g/mol. The lowest BCUT2D eigenvalue weighted by molar-refractivity contribution is 0.0977. The predicted molar refractivity (Wildman–Crippen MR) is 103 cm³/mol. The van der Waals surface area contributed by atoms with E-state index < -0.39 is 0 Å². The van der Waals surface area contributed by atoms with Crippen molar-refractivity contribution in [3.8, 4) is 17.2 Å². The fraction of sp³-hybridized carbons (Fsp3) is 0.263. The molecule has 6 nitrogen and oxygen atoms in total. The van der Waals surface area contributed by atoms with Crippen molar-refractivity contribution in [1.29, 1.82) is 0 Å². The van der Waals surface area contributed by atoms with Crippen LogP contribution in [0.25, 0.3) is 0 Å². The van der Waals surface area contributed by atoms with Gasteiger partial charge in [-0.05, 0) is 60.5 Å². The second kappa shape index (κ2) is 7.61. The summed E-state index contributed by atoms with van der Waals surface area (Å²) >= 11 is 5.20. The van der Waals surface area contributed by atoms with Crippen LogP contribution >= 0.6 is 12.2 Å². The van der Waals surface area contributed by atoms with E-state index in [1.54, 1.807) is 24.3 Å². The Morgan fingerprint density at radius 3 is 2.77 bits per heavy atom. The number of ether oxygens (including phenoxy) is 2. The van der Waals surface area contributed by atoms with E-state index in [9.17, 15) is 9.90 Å². The van der Waals surface area contributed by atoms with Crippen LogP contribution in [0.1, 0.15) is 42.1 Å². The molecule has 1 aliphatic rings. The summed E-state index contributed by atoms with van der Waals surface area (Å²) in [6.45, 7) is 4.35. The van der Waals surface area contributed by atoms with Gasteiger partial charge in [0, 0.05) is 5.56 Å². The average molecular weight is 372 g/mol. The van der Waals surface area contributed by atoms with E-state index in [0.29, 0.717) is 28.7 Å². The van der Waals surface area contributed by atoms with Crippen LogP contribution in [0, 0.1) is 0 Å². The zero-order valence-corrected chi connectivity index (χ0v) is 15.4. The second-order valence-corrected chi connectivity index (χ2v) is 6.47. The molecule has 3 N–H and O–H groups in total. The van der Waals surface area contributed by atoms with E-state index >= 15 is 0 Å². The van der Waals surface area contributed by atoms with Crippen molar-refractivity contribution in [2.75, 3.05) is 12.1 Å². The first-order valence-corrected chi connectivity index (χ1v) is 8.73. The van der Waals surface area contributed by atoms with Crippen LogP contribution in [0.15, 0.2) is 36.4 Å². The normalized spacial score (nSPS) is 13.2. The molecule has 3 rings (SSSR count). The standard InChI is InChI=1S/C19H20N2O4S/c1-3-11(2)12-4-6-15(22)14(8-12)20-19(26)21-18(23)13-5-7-16-17(9-13)25-10-24-16/h4-9,11,22H,3,10H2,1-2H3,(H2,20,21,23,26)/t11-/m1/s1. The molecule has 1 heterocycles. The average Bonchev–Trinajstić information content (AvgIpc) is 3.10. The molecule has 0 unspecified atom stereocenters. The molecule has 0 bridgehead atoms. The largest absolute Gasteiger partial charge is 0.506 e. The Balaban J connectivity index is 1.68. The molecule has 1 amide bonds. The topological polar surface area (TPSA) is 79.8 Å². The second-order valence-electron chi connectivity index (χ2n) is 6.06. The minimum absolute atomic E-state index is 0.0664. The zero-order valence-electron chi connectivity index (χ0n) is 14.5. The number of nitrogens with one attached hydrogen (secondary N) is 2. The predicted octanol–water partition coefficient (Wildman–Crippen LogP) is 3.76. The van der Waals surface area contributed by atoms with Crippen molar-refractivity contribution >= 4 is 28.9 Å². The van der Waals surface area contributed by atoms with Crippen molar-refractivity contribution < 1.29 is 19.4 Å². The fourth-order valence-electron chi connectivity index (χ4n) is 2.56. The van der Waals surface area contributed by atoms with Gasteiger partial charge in [-0.2, -0.15) is 0 Å². The Morgan fingerprint density at radius 2 is 2.00 bits per heavy atom. The van der Waals surface area contributed by atoms with Crippen LogP contribution in [0.4, 0.5) is 5.69 Å². The molecule has 7 heteroatoms. The van der Waals surface area contributed by atoms with Crippen molar-refractivity contribution in [1.82, 2.24) is 5.32 Å². The number of hydrogen-bond donors (Lipinski definition) is 3. The molecule has 26 heavy (non-hydrogen) atoms. The Bertz CT molecular complexity index is 853. The van der Waals surface area contributed by atoms with Crippen molar-refractivity contribution in [2.45, 2.75) is 26.2 Å². The third kappa shape index (κ3) is 3.88. The van der Waals surface area contributed by atoms with Crippen LogP contribution < -0.4 is 20.1 Å². The van der Waals surface area contributed by atoms with Gasteiger partial charge in [0.1, 0.15) is 5.75 Å². The highest BCUT2D eigenvalue weighted by Gasteiger charge is 2.17. The molecule has 0 saturated carbocycles. The van der Waals surface area contributed by atoms with Gasteiger partial charge in [-0.25, -0.2) is 0 Å². The quantitative estimate of drug-likeness (QED) is 0.560. The number of phenolic OH excluding ortho intramolecular Hbond substituents is 1. The van der Waals surface area contributed by atoms with Gasteiger partial charge < -0.3 is 19.9 Å². The van der Waals surface area contributed by atoms with Crippen LogP contribution in [0.5, 0.6) is 17.2 Å². The molecule has 0 saturated heterocycles. The maximum Gasteiger partial charge on any atom is 0.257 e. The van der Waals surface area contributed by atoms with Crippen LogP contribution in [-0.2, 0) is 0 Å². The first-order chi connectivity index (χ1) is 12.5. The molecule has 136 valence electrons. The number of rotatable bonds is 4. The molecule has 2 aromatic rings. The lowest BCUT2D eigenvalue weighted by Gasteiger charge is -2.15. The van der Waals surface area contributed by atoms with Crippen LogP contribution in [0.2, 0.25) is 0 Å². The Morgan fingerprint density at radius 1 is 1.23 bits per heavy atom. The number of hydrogen-bond acceptors (Lipinski definition) is 5. The first kappa shape index (κ1) is 18.0. The summed E-state index contributed by atoms with van der Waals surface area (Å²) in [5, 5.41) is 15.6. The fourth-order valence-corrected chi connectivity index (χ4v) is 2.77. The number of phenols is 1. The SMILES string of the molecule is CC[C@@H](C)c1ccc(O)c(NC(=S)NC(=O)c2ccc3c(c2)OCO3)c1. The molecular formula is C19H20N2O4S. The highest BCUT2D eigenvalue weighted by Crippen LogP contribution is 2.32. The number of aromatic hydroxyl groups is 1. The van der Waals surface area contributed by atoms with Gasteiger partial charge in [0.2, 0.25) is 6.79 Å².